The van der Waals surface area contributed by atoms with Crippen molar-refractivity contribution in [1.29, 1.82) is 0 Å². The van der Waals surface area contributed by atoms with Gasteiger partial charge >= 0.3 is 0 Å². The Kier molecular flexibility index (Phi) is 21.3. The van der Waals surface area contributed by atoms with Crippen LogP contribution in [0.15, 0.2) is 354 Å². The molecular weight excluding hydrogens is 1590 g/mol. The molecular formula is C132H118. The summed E-state index contributed by atoms with van der Waals surface area (Å²) in [5.74, 6) is 0. The molecule has 0 heterocycles. The molecule has 0 bridgehead atoms. The lowest BCUT2D eigenvalue weighted by molar-refractivity contribution is 0.422. The minimum absolute atomic E-state index is 0.148. The Morgan fingerprint density at radius 2 is 0.462 bits per heavy atom. The second-order valence-corrected chi connectivity index (χ2v) is 39.9. The Morgan fingerprint density at radius 1 is 0.212 bits per heavy atom. The van der Waals surface area contributed by atoms with Crippen LogP contribution in [0.25, 0.3) is 77.9 Å². The van der Waals surface area contributed by atoms with Gasteiger partial charge in [-0.1, -0.05) is 360 Å². The highest BCUT2D eigenvalue weighted by molar-refractivity contribution is 5.97. The molecule has 132 heavy (non-hydrogen) atoms. The highest BCUT2D eigenvalue weighted by atomic mass is 14.6. The quantitative estimate of drug-likeness (QED) is 0.0593. The molecule has 25 rings (SSSR count). The van der Waals surface area contributed by atoms with Crippen LogP contribution in [-0.2, 0) is 85.9 Å². The summed E-state index contributed by atoms with van der Waals surface area (Å²) >= 11 is 0. The van der Waals surface area contributed by atoms with Crippen molar-refractivity contribution >= 4 is 0 Å². The Hall–Kier alpha value is -13.5. The molecule has 0 amide bonds. The number of hydrogen-bond acceptors (Lipinski definition) is 0. The third kappa shape index (κ3) is 13.6. The fourth-order valence-corrected chi connectivity index (χ4v) is 24.8. The Labute approximate surface area is 784 Å². The molecule has 0 radical (unpaired) electrons. The Morgan fingerprint density at radius 3 is 0.742 bits per heavy atom. The zero-order chi connectivity index (χ0) is 90.1. The number of rotatable bonds is 18. The zero-order valence-corrected chi connectivity index (χ0v) is 78.3. The number of benzene rings is 16. The van der Waals surface area contributed by atoms with Gasteiger partial charge in [0.05, 0.1) is 16.2 Å². The molecule has 0 heteroatoms. The molecule has 0 aliphatic heterocycles. The molecule has 1 spiro atoms. The van der Waals surface area contributed by atoms with E-state index in [2.05, 4.69) is 397 Å². The molecule has 16 aromatic carbocycles. The smallest absolute Gasteiger partial charge is 0.0725 e. The molecule has 0 saturated carbocycles. The molecule has 0 aromatic heterocycles. The van der Waals surface area contributed by atoms with E-state index in [1.54, 1.807) is 11.1 Å². The lowest BCUT2D eigenvalue weighted by Gasteiger charge is -2.37. The first-order valence-corrected chi connectivity index (χ1v) is 48.7. The summed E-state index contributed by atoms with van der Waals surface area (Å²) in [5, 5.41) is 0. The predicted molar refractivity (Wildman–Crippen MR) is 557 cm³/mol. The van der Waals surface area contributed by atoms with Crippen molar-refractivity contribution in [3.05, 3.63) is 532 Å². The van der Waals surface area contributed by atoms with E-state index in [0.29, 0.717) is 0 Å². The van der Waals surface area contributed by atoms with Crippen LogP contribution in [0, 0.1) is 55.4 Å². The maximum atomic E-state index is 4.00. The first-order valence-electron chi connectivity index (χ1n) is 48.7. The third-order valence-electron chi connectivity index (χ3n) is 31.7. The molecule has 0 saturated heterocycles. The summed E-state index contributed by atoms with van der Waals surface area (Å²) in [6.45, 7) is 33.6. The van der Waals surface area contributed by atoms with Crippen molar-refractivity contribution in [2.75, 3.05) is 0 Å². The van der Waals surface area contributed by atoms with E-state index in [4.69, 9.17) is 0 Å². The normalized spacial score (nSPS) is 14.9. The van der Waals surface area contributed by atoms with Crippen LogP contribution in [0.3, 0.4) is 0 Å². The van der Waals surface area contributed by atoms with E-state index in [1.165, 1.54) is 322 Å². The van der Waals surface area contributed by atoms with E-state index in [9.17, 15) is 0 Å². The fourth-order valence-electron chi connectivity index (χ4n) is 24.8. The van der Waals surface area contributed by atoms with Gasteiger partial charge in [0.1, 0.15) is 0 Å². The minimum atomic E-state index is -0.422. The van der Waals surface area contributed by atoms with Crippen LogP contribution in [0.5, 0.6) is 0 Å². The predicted octanol–water partition coefficient (Wildman–Crippen LogP) is 32.4. The van der Waals surface area contributed by atoms with Gasteiger partial charge < -0.3 is 0 Å². The average Bonchev–Trinajstić information content (AvgIpc) is 1.48. The van der Waals surface area contributed by atoms with E-state index in [-0.39, 0.29) is 16.2 Å². The summed E-state index contributed by atoms with van der Waals surface area (Å²) < 4.78 is 0. The van der Waals surface area contributed by atoms with Crippen molar-refractivity contribution in [2.45, 2.75) is 180 Å². The van der Waals surface area contributed by atoms with Gasteiger partial charge in [-0.05, 0) is 382 Å². The van der Waals surface area contributed by atoms with Gasteiger partial charge in [0.15, 0.2) is 0 Å². The second kappa shape index (κ2) is 33.4. The van der Waals surface area contributed by atoms with Gasteiger partial charge in [0, 0.05) is 5.41 Å². The topological polar surface area (TPSA) is 0 Å². The van der Waals surface area contributed by atoms with Gasteiger partial charge in [0.2, 0.25) is 0 Å². The van der Waals surface area contributed by atoms with Crippen molar-refractivity contribution in [3.63, 3.8) is 0 Å². The summed E-state index contributed by atoms with van der Waals surface area (Å²) in [6, 6.07) is 118. The molecule has 0 fully saturated rings. The van der Waals surface area contributed by atoms with Gasteiger partial charge in [-0.2, -0.15) is 0 Å². The molecule has 0 unspecified atom stereocenters. The van der Waals surface area contributed by atoms with Gasteiger partial charge in [0.25, 0.3) is 0 Å². The van der Waals surface area contributed by atoms with Crippen molar-refractivity contribution in [3.8, 4) is 77.9 Å². The lowest BCUT2D eigenvalue weighted by Crippen LogP contribution is -2.30. The molecule has 0 nitrogen and oxygen atoms in total. The molecule has 9 aliphatic rings. The summed E-state index contributed by atoms with van der Waals surface area (Å²) in [4.78, 5) is 0. The number of allylic oxidation sites excluding steroid dienone is 4. The maximum absolute atomic E-state index is 4.00. The van der Waals surface area contributed by atoms with E-state index >= 15 is 0 Å². The number of unbranched alkanes of at least 4 members (excludes halogenated alkanes) is 2. The number of aryl methyl sites for hydroxylation is 16. The Bertz CT molecular complexity index is 7030. The first-order chi connectivity index (χ1) is 64.4. The van der Waals surface area contributed by atoms with Gasteiger partial charge in [-0.15, -0.1) is 26.3 Å². The number of fused-ring (bicyclic) bond motifs is 23. The largest absolute Gasteiger partial charge is 0.103 e. The van der Waals surface area contributed by atoms with Crippen molar-refractivity contribution in [1.82, 2.24) is 0 Å². The monoisotopic (exact) mass is 1700 g/mol. The van der Waals surface area contributed by atoms with E-state index in [1.807, 2.05) is 12.2 Å². The van der Waals surface area contributed by atoms with Crippen molar-refractivity contribution < 1.29 is 0 Å². The standard InChI is InChI=1S/C43H34.C33H28.C31H26.C25H30/c1-27-9-19-39-40-20-10-28(2)22-42(40)43(41(39)21-27,37-7-3-5-31(25-37)35-17-13-29-11-15-33(29)23-35)38-8-4-6-32(26-38)36-18-14-30-12-16-34(30)24-36;1-5-7-23-11-15-27-28-16-12-24(8-6-2)20-32(28)33(31(27)19-23)29-17-21(3)9-13-25(29)26-14-10-22(4)18-30(26)33;1-19-3-13-27-28-14-4-20(2)16-30(28)31(29(27)15-19,25-11-9-21-5-7-23(21)17-25)26-12-10-22-6-8-24(22)18-26;1-5-7-9-15-25(16-10-8-6-2)23-17-19(3)11-13-21(23)22-14-12-20(4)18-24(22)25/h3-10,13-14,17-26H,11-12,15-16H2,1-2H3;5-6,9-20H,1-2,7-8H2,3-4H3;3-4,9-18H,5-8H2,1-2H3;5-6,11-14,17-18H,1-2,7-10,15-16H2,3-4H3. The van der Waals surface area contributed by atoms with Crippen LogP contribution >= 0.6 is 0 Å². The molecule has 0 atom stereocenters. The van der Waals surface area contributed by atoms with Crippen molar-refractivity contribution in [2.24, 2.45) is 0 Å². The fraction of sp³-hybridized carbons (Fsp3) is 0.212. The molecule has 16 aromatic rings. The molecule has 0 N–H and O–H groups in total. The van der Waals surface area contributed by atoms with Gasteiger partial charge in [-0.3, -0.25) is 0 Å². The summed E-state index contributed by atoms with van der Waals surface area (Å²) in [5.41, 5.74) is 63.5. The Balaban J connectivity index is 0.000000105. The SMILES string of the molecule is C=CCCCC1(CCCC=C)c2cc(C)ccc2-c2ccc(C)cc21.C=CCc1ccc2c(c1)C1(c3cc(C)ccc3-c3ccc(C)cc31)c1cc(CC=C)ccc1-2.Cc1ccc2c(c1)C(c1ccc3c(c1)CC3)(c1ccc3c(c1)CC3)c1cc(C)ccc1-2.Cc1ccc2c(c1)C(c1cccc(-c3ccc4c(c3)CC4)c1)(c1cccc(-c3ccc4c(c3)CC4)c1)c1cc(C)ccc1-2. The maximum Gasteiger partial charge on any atom is 0.0725 e. The average molecular weight is 1700 g/mol. The van der Waals surface area contributed by atoms with E-state index in [0.717, 1.165) is 25.7 Å². The summed E-state index contributed by atoms with van der Waals surface area (Å²) in [7, 11) is 0. The summed E-state index contributed by atoms with van der Waals surface area (Å²) in [6.07, 6.45) is 26.5. The highest BCUT2D eigenvalue weighted by Gasteiger charge is 2.54. The van der Waals surface area contributed by atoms with Crippen LogP contribution in [-0.4, -0.2) is 0 Å². The lowest BCUT2D eigenvalue weighted by atomic mass is 9.65. The van der Waals surface area contributed by atoms with Crippen LogP contribution in [0.1, 0.15) is 217 Å². The number of hydrogen-bond donors (Lipinski definition) is 0. The first kappa shape index (κ1) is 84.1. The van der Waals surface area contributed by atoms with Crippen LogP contribution in [0.4, 0.5) is 0 Å². The minimum Gasteiger partial charge on any atom is -0.103 e. The highest BCUT2D eigenvalue weighted by Crippen LogP contribution is 2.65. The van der Waals surface area contributed by atoms with Gasteiger partial charge in [-0.25, -0.2) is 0 Å². The molecule has 646 valence electrons. The van der Waals surface area contributed by atoms with Crippen LogP contribution < -0.4 is 0 Å². The molecule has 9 aliphatic carbocycles. The van der Waals surface area contributed by atoms with Crippen LogP contribution in [0.2, 0.25) is 0 Å². The van der Waals surface area contributed by atoms with E-state index < -0.39 is 5.41 Å². The zero-order valence-electron chi connectivity index (χ0n) is 78.3. The second-order valence-electron chi connectivity index (χ2n) is 39.9. The third-order valence-corrected chi connectivity index (χ3v) is 31.7.